The third-order valence-electron chi connectivity index (χ3n) is 6.13. The van der Waals surface area contributed by atoms with E-state index >= 15 is 0 Å². The van der Waals surface area contributed by atoms with E-state index in [-0.39, 0.29) is 11.8 Å². The SMILES string of the molecule is CC[C@@]1(C(=O)OC)N[C@H](c2nc(-c3ccccc3)oc2C)[C@@H]2C(=O)N(C)C(=O)[C@@H]21. The summed E-state index contributed by atoms with van der Waals surface area (Å²) in [6.07, 6.45) is 0.298. The molecule has 2 amide bonds. The minimum atomic E-state index is -1.29. The van der Waals surface area contributed by atoms with Gasteiger partial charge in [-0.3, -0.25) is 24.6 Å². The van der Waals surface area contributed by atoms with Crippen LogP contribution in [0.5, 0.6) is 0 Å². The van der Waals surface area contributed by atoms with Gasteiger partial charge in [0.15, 0.2) is 0 Å². The maximum absolute atomic E-state index is 12.9. The Hall–Kier alpha value is -3.00. The molecule has 0 unspecified atom stereocenters. The Morgan fingerprint density at radius 3 is 2.59 bits per heavy atom. The highest BCUT2D eigenvalue weighted by molar-refractivity contribution is 6.09. The quantitative estimate of drug-likeness (QED) is 0.620. The van der Waals surface area contributed by atoms with Crippen molar-refractivity contribution in [1.82, 2.24) is 15.2 Å². The molecule has 0 aliphatic carbocycles. The van der Waals surface area contributed by atoms with E-state index in [2.05, 4.69) is 10.3 Å². The van der Waals surface area contributed by atoms with Gasteiger partial charge < -0.3 is 9.15 Å². The second-order valence-corrected chi connectivity index (χ2v) is 7.50. The van der Waals surface area contributed by atoms with Crippen LogP contribution >= 0.6 is 0 Å². The number of aryl methyl sites for hydroxylation is 1. The van der Waals surface area contributed by atoms with Crippen molar-refractivity contribution >= 4 is 17.8 Å². The lowest BCUT2D eigenvalue weighted by atomic mass is 9.78. The first-order chi connectivity index (χ1) is 13.9. The van der Waals surface area contributed by atoms with E-state index in [1.165, 1.54) is 14.2 Å². The molecule has 2 aromatic rings. The smallest absolute Gasteiger partial charge is 0.326 e. The summed E-state index contributed by atoms with van der Waals surface area (Å²) in [6.45, 7) is 3.56. The molecule has 8 heteroatoms. The third kappa shape index (κ3) is 2.62. The molecule has 2 fully saturated rings. The monoisotopic (exact) mass is 397 g/mol. The first-order valence-corrected chi connectivity index (χ1v) is 9.56. The Morgan fingerprint density at radius 2 is 1.97 bits per heavy atom. The number of nitrogens with zero attached hydrogens (tertiary/aromatic N) is 2. The van der Waals surface area contributed by atoms with Gasteiger partial charge in [-0.25, -0.2) is 4.98 Å². The van der Waals surface area contributed by atoms with Gasteiger partial charge in [0.25, 0.3) is 0 Å². The van der Waals surface area contributed by atoms with Crippen LogP contribution in [-0.2, 0) is 19.1 Å². The van der Waals surface area contributed by atoms with E-state index in [0.717, 1.165) is 10.5 Å². The van der Waals surface area contributed by atoms with Crippen LogP contribution in [0.1, 0.15) is 30.8 Å². The largest absolute Gasteiger partial charge is 0.468 e. The average molecular weight is 397 g/mol. The van der Waals surface area contributed by atoms with Gasteiger partial charge in [0.05, 0.1) is 25.0 Å². The predicted octanol–water partition coefficient (Wildman–Crippen LogP) is 1.85. The highest BCUT2D eigenvalue weighted by Gasteiger charge is 2.68. The minimum Gasteiger partial charge on any atom is -0.468 e. The van der Waals surface area contributed by atoms with E-state index in [1.807, 2.05) is 30.3 Å². The summed E-state index contributed by atoms with van der Waals surface area (Å²) < 4.78 is 10.9. The van der Waals surface area contributed by atoms with Crippen molar-refractivity contribution in [2.75, 3.05) is 14.2 Å². The standard InChI is InChI=1S/C21H23N3O5/c1-5-21(20(27)28-4)14-13(18(25)24(3)19(14)26)16(23-21)15-11(2)29-17(22-15)12-9-7-6-8-10-12/h6-10,13-14,16,23H,5H2,1-4H3/t13-,14-,16+,21-/m1/s1. The van der Waals surface area contributed by atoms with Crippen molar-refractivity contribution in [3.8, 4) is 11.5 Å². The topological polar surface area (TPSA) is 102 Å². The van der Waals surface area contributed by atoms with Crippen LogP contribution < -0.4 is 5.32 Å². The van der Waals surface area contributed by atoms with Gasteiger partial charge in [-0.15, -0.1) is 0 Å². The molecular weight excluding hydrogens is 374 g/mol. The maximum Gasteiger partial charge on any atom is 0.326 e. The third-order valence-corrected chi connectivity index (χ3v) is 6.13. The van der Waals surface area contributed by atoms with Crippen molar-refractivity contribution in [2.24, 2.45) is 11.8 Å². The van der Waals surface area contributed by atoms with E-state index in [4.69, 9.17) is 9.15 Å². The van der Waals surface area contributed by atoms with E-state index in [1.54, 1.807) is 13.8 Å². The average Bonchev–Trinajstić information content (AvgIpc) is 3.36. The van der Waals surface area contributed by atoms with Crippen LogP contribution in [-0.4, -0.2) is 47.4 Å². The summed E-state index contributed by atoms with van der Waals surface area (Å²) in [4.78, 5) is 44.3. The fourth-order valence-electron chi connectivity index (χ4n) is 4.62. The highest BCUT2D eigenvalue weighted by atomic mass is 16.5. The number of fused-ring (bicyclic) bond motifs is 1. The molecule has 8 nitrogen and oxygen atoms in total. The molecule has 2 saturated heterocycles. The van der Waals surface area contributed by atoms with Crippen molar-refractivity contribution in [3.05, 3.63) is 41.8 Å². The summed E-state index contributed by atoms with van der Waals surface area (Å²) in [7, 11) is 2.73. The zero-order valence-corrected chi connectivity index (χ0v) is 16.8. The molecule has 2 aliphatic heterocycles. The molecule has 0 saturated carbocycles. The summed E-state index contributed by atoms with van der Waals surface area (Å²) in [5.74, 6) is -1.91. The number of carbonyl (C=O) groups is 3. The number of hydrogen-bond acceptors (Lipinski definition) is 7. The van der Waals surface area contributed by atoms with Crippen molar-refractivity contribution in [2.45, 2.75) is 31.8 Å². The zero-order valence-electron chi connectivity index (χ0n) is 16.8. The number of methoxy groups -OCH3 is 1. The van der Waals surface area contributed by atoms with Crippen molar-refractivity contribution in [3.63, 3.8) is 0 Å². The van der Waals surface area contributed by atoms with Gasteiger partial charge in [-0.2, -0.15) is 0 Å². The Kier molecular flexibility index (Phi) is 4.53. The number of likely N-dealkylation sites (tertiary alicyclic amines) is 1. The lowest BCUT2D eigenvalue weighted by Crippen LogP contribution is -2.55. The number of ether oxygens (including phenoxy) is 1. The number of carbonyl (C=O) groups excluding carboxylic acids is 3. The maximum atomic E-state index is 12.9. The van der Waals surface area contributed by atoms with Gasteiger partial charge in [0.1, 0.15) is 17.0 Å². The molecule has 4 rings (SSSR count). The molecule has 0 bridgehead atoms. The van der Waals surface area contributed by atoms with Crippen LogP contribution in [0.15, 0.2) is 34.7 Å². The second kappa shape index (κ2) is 6.81. The van der Waals surface area contributed by atoms with Crippen LogP contribution in [0.3, 0.4) is 0 Å². The molecule has 29 heavy (non-hydrogen) atoms. The number of benzene rings is 1. The Balaban J connectivity index is 1.83. The van der Waals surface area contributed by atoms with Gasteiger partial charge in [0, 0.05) is 12.6 Å². The molecule has 0 spiro atoms. The molecule has 1 N–H and O–H groups in total. The molecule has 3 heterocycles. The molecule has 2 aliphatic rings. The number of aromatic nitrogens is 1. The number of nitrogens with one attached hydrogen (secondary N) is 1. The van der Waals surface area contributed by atoms with E-state index in [0.29, 0.717) is 23.8 Å². The predicted molar refractivity (Wildman–Crippen MR) is 102 cm³/mol. The van der Waals surface area contributed by atoms with Gasteiger partial charge in [0.2, 0.25) is 17.7 Å². The van der Waals surface area contributed by atoms with Crippen molar-refractivity contribution < 1.29 is 23.5 Å². The molecule has 0 radical (unpaired) electrons. The summed E-state index contributed by atoms with van der Waals surface area (Å²) in [5.41, 5.74) is 0.0338. The zero-order chi connectivity index (χ0) is 20.9. The molecule has 1 aromatic heterocycles. The normalized spacial score (nSPS) is 28.7. The lowest BCUT2D eigenvalue weighted by molar-refractivity contribution is -0.154. The summed E-state index contributed by atoms with van der Waals surface area (Å²) >= 11 is 0. The van der Waals surface area contributed by atoms with E-state index < -0.39 is 29.4 Å². The molecule has 152 valence electrons. The molecular formula is C21H23N3O5. The number of oxazole rings is 1. The Labute approximate surface area is 168 Å². The summed E-state index contributed by atoms with van der Waals surface area (Å²) in [5, 5.41) is 3.24. The fraction of sp³-hybridized carbons (Fsp3) is 0.429. The Bertz CT molecular complexity index is 985. The van der Waals surface area contributed by atoms with Gasteiger partial charge in [-0.05, 0) is 25.5 Å². The van der Waals surface area contributed by atoms with Crippen LogP contribution in [0, 0.1) is 18.8 Å². The number of imide groups is 1. The highest BCUT2D eigenvalue weighted by Crippen LogP contribution is 2.50. The lowest BCUT2D eigenvalue weighted by Gasteiger charge is -2.30. The summed E-state index contributed by atoms with van der Waals surface area (Å²) in [6, 6.07) is 8.78. The number of esters is 1. The number of rotatable bonds is 4. The van der Waals surface area contributed by atoms with Crippen LogP contribution in [0.2, 0.25) is 0 Å². The number of hydrogen-bond donors (Lipinski definition) is 1. The fourth-order valence-corrected chi connectivity index (χ4v) is 4.62. The van der Waals surface area contributed by atoms with Gasteiger partial charge >= 0.3 is 5.97 Å². The molecule has 4 atom stereocenters. The van der Waals surface area contributed by atoms with Crippen molar-refractivity contribution in [1.29, 1.82) is 0 Å². The van der Waals surface area contributed by atoms with Gasteiger partial charge in [-0.1, -0.05) is 25.1 Å². The van der Waals surface area contributed by atoms with Crippen LogP contribution in [0.25, 0.3) is 11.5 Å². The Morgan fingerprint density at radius 1 is 1.28 bits per heavy atom. The minimum absolute atomic E-state index is 0.298. The molecule has 1 aromatic carbocycles. The van der Waals surface area contributed by atoms with E-state index in [9.17, 15) is 14.4 Å². The first-order valence-electron chi connectivity index (χ1n) is 9.56. The second-order valence-electron chi connectivity index (χ2n) is 7.50. The first kappa shape index (κ1) is 19.3. The number of amides is 2. The van der Waals surface area contributed by atoms with Crippen LogP contribution in [0.4, 0.5) is 0 Å².